The van der Waals surface area contributed by atoms with Crippen LogP contribution in [0.4, 0.5) is 11.9 Å². The first-order valence-corrected chi connectivity index (χ1v) is 27.2. The first-order valence-electron chi connectivity index (χ1n) is 26.8. The van der Waals surface area contributed by atoms with Gasteiger partial charge in [0, 0.05) is 89.5 Å². The van der Waals surface area contributed by atoms with Gasteiger partial charge in [0.1, 0.15) is 11.5 Å². The van der Waals surface area contributed by atoms with Crippen molar-refractivity contribution in [3.05, 3.63) is 119 Å². The second-order valence-corrected chi connectivity index (χ2v) is 19.3. The van der Waals surface area contributed by atoms with Crippen LogP contribution in [0.1, 0.15) is 131 Å². The van der Waals surface area contributed by atoms with Crippen molar-refractivity contribution in [3.8, 4) is 11.5 Å². The van der Waals surface area contributed by atoms with Gasteiger partial charge in [0.05, 0.1) is 14.2 Å². The van der Waals surface area contributed by atoms with Crippen molar-refractivity contribution in [2.45, 2.75) is 152 Å². The molecule has 0 unspecified atom stereocenters. The molecule has 0 radical (unpaired) electrons. The Labute approximate surface area is 447 Å². The van der Waals surface area contributed by atoms with Gasteiger partial charge in [-0.15, -0.1) is 0 Å². The number of ether oxygens (including phenoxy) is 2. The van der Waals surface area contributed by atoms with E-state index in [-0.39, 0.29) is 8.85 Å². The van der Waals surface area contributed by atoms with Crippen molar-refractivity contribution in [1.82, 2.24) is 45.0 Å². The zero-order valence-corrected chi connectivity index (χ0v) is 46.2. The molecule has 0 bridgehead atoms. The molecule has 3 aliphatic rings. The number of nitrogens with two attached hydrogens (primary N) is 1. The van der Waals surface area contributed by atoms with Crippen LogP contribution in [0.15, 0.2) is 85.7 Å². The minimum atomic E-state index is 0. The summed E-state index contributed by atoms with van der Waals surface area (Å²) in [4.78, 5) is 30.2. The third-order valence-corrected chi connectivity index (χ3v) is 14.2. The lowest BCUT2D eigenvalue weighted by atomic mass is 9.90. The predicted octanol–water partition coefficient (Wildman–Crippen LogP) is 11.5. The van der Waals surface area contributed by atoms with Gasteiger partial charge in [-0.25, -0.2) is 29.9 Å². The standard InChI is InChI=1S/C21H30N4O.C15H24N2O.C13H22N4.C6H7ClN2.C2H6.CH4.H2/c1-4-17-12-22-21(23-13-17)24-14-20-16(2)6-5-11-25(20)15-18-7-9-19(26-3)10-8-18;1-12-4-3-9-17(15(12)10-16)11-13-5-7-14(18-2)8-6-13;1-3-11-7-15-13(16-8-11)17-9-12-10(2)5-4-6-14-12;1-2-5-3-8-6(7)9-4-5;1-2;;/h7-10,12-13,16,20H,4-6,11,14-15H2,1-3H3,(H,22,23,24);5-8,12,15H,3-4,9-11,16H2,1-2H3;7-8,10,12,14H,3-6,9H2,1-2H3,(H,15,16,17);3-4H,2H2,1H3;1-2H3;1H4;1H/t16-,20-;12-,15-;10-,12-;;;;/m111..../s1/i;;;;;;1+1. The molecule has 6 heterocycles. The van der Waals surface area contributed by atoms with Crippen molar-refractivity contribution < 1.29 is 10.9 Å². The van der Waals surface area contributed by atoms with Gasteiger partial charge < -0.3 is 31.2 Å². The zero-order chi connectivity index (χ0) is 52.1. The first kappa shape index (κ1) is 62.3. The summed E-state index contributed by atoms with van der Waals surface area (Å²) < 4.78 is 10.4. The smallest absolute Gasteiger partial charge is 0.222 e. The van der Waals surface area contributed by atoms with Gasteiger partial charge in [0.25, 0.3) is 0 Å². The van der Waals surface area contributed by atoms with E-state index in [1.807, 2.05) is 69.8 Å². The summed E-state index contributed by atoms with van der Waals surface area (Å²) in [6.07, 6.45) is 21.7. The molecule has 0 spiro atoms. The summed E-state index contributed by atoms with van der Waals surface area (Å²) in [7, 11) is 3.41. The van der Waals surface area contributed by atoms with E-state index in [2.05, 4.69) is 115 Å². The number of aryl methyl sites for hydroxylation is 3. The highest BCUT2D eigenvalue weighted by atomic mass is 35.5. The Kier molecular flexibility index (Phi) is 30.1. The number of anilines is 2. The van der Waals surface area contributed by atoms with Crippen LogP contribution in [0.5, 0.6) is 11.5 Å². The van der Waals surface area contributed by atoms with E-state index in [1.165, 1.54) is 60.8 Å². The highest BCUT2D eigenvalue weighted by Gasteiger charge is 2.29. The first-order chi connectivity index (χ1) is 35.0. The van der Waals surface area contributed by atoms with Crippen molar-refractivity contribution in [2.24, 2.45) is 23.5 Å². The number of aromatic nitrogens is 6. The van der Waals surface area contributed by atoms with Crippen molar-refractivity contribution in [1.29, 1.82) is 0 Å². The second-order valence-electron chi connectivity index (χ2n) is 18.9. The molecule has 0 amide bonds. The molecule has 2 aromatic carbocycles. The van der Waals surface area contributed by atoms with Crippen LogP contribution in [0.3, 0.4) is 0 Å². The topological polar surface area (TPSA) is 164 Å². The molecule has 73 heavy (non-hydrogen) atoms. The van der Waals surface area contributed by atoms with Crippen molar-refractivity contribution in [2.75, 3.05) is 64.1 Å². The lowest BCUT2D eigenvalue weighted by Crippen LogP contribution is -2.47. The Bertz CT molecular complexity index is 2160. The normalized spacial score (nSPS) is 20.5. The SMILES string of the molecule is C.CC.CCc1cnc(Cl)nc1.CCc1cnc(NC[C@@H]2[C@H](C)CCCN2Cc2ccc(OC)cc2)nc1.CCc1cnc(NC[C@H]2NCCC[C@H]2C)nc1.COc1ccc(CN2CCC[C@@H](C)[C@H]2CN)cc1.[2HH]. The number of methoxy groups -OCH3 is 2. The molecule has 6 atom stereocenters. The molecule has 406 valence electrons. The van der Waals surface area contributed by atoms with Crippen LogP contribution in [-0.2, 0) is 32.4 Å². The Morgan fingerprint density at radius 2 is 0.986 bits per heavy atom. The molecule has 5 N–H and O–H groups in total. The fourth-order valence-corrected chi connectivity index (χ4v) is 9.36. The number of piperidine rings is 3. The van der Waals surface area contributed by atoms with Gasteiger partial charge in [-0.05, 0) is 159 Å². The highest BCUT2D eigenvalue weighted by Crippen LogP contribution is 2.27. The quantitative estimate of drug-likeness (QED) is 0.0690. The minimum absolute atomic E-state index is 0. The maximum Gasteiger partial charge on any atom is 0.222 e. The van der Waals surface area contributed by atoms with E-state index in [4.69, 9.17) is 26.8 Å². The summed E-state index contributed by atoms with van der Waals surface area (Å²) in [5.74, 6) is 5.39. The van der Waals surface area contributed by atoms with Gasteiger partial charge in [-0.2, -0.15) is 0 Å². The Hall–Kier alpha value is -4.99. The average molecular weight is 1030 g/mol. The van der Waals surface area contributed by atoms with Gasteiger partial charge in [0.15, 0.2) is 0 Å². The van der Waals surface area contributed by atoms with Crippen LogP contribution in [-0.4, -0.2) is 111 Å². The van der Waals surface area contributed by atoms with E-state index in [0.29, 0.717) is 35.2 Å². The van der Waals surface area contributed by atoms with Crippen LogP contribution in [0.2, 0.25) is 5.28 Å². The van der Waals surface area contributed by atoms with Gasteiger partial charge in [-0.3, -0.25) is 9.80 Å². The number of likely N-dealkylation sites (tertiary alicyclic amines) is 2. The van der Waals surface area contributed by atoms with Gasteiger partial charge in [0.2, 0.25) is 17.2 Å². The number of hydrogen-bond donors (Lipinski definition) is 4. The maximum absolute atomic E-state index is 5.92. The average Bonchev–Trinajstić information content (AvgIpc) is 3.42. The minimum Gasteiger partial charge on any atom is -0.497 e. The van der Waals surface area contributed by atoms with Crippen LogP contribution >= 0.6 is 11.6 Å². The summed E-state index contributed by atoms with van der Waals surface area (Å²) >= 11 is 5.45. The summed E-state index contributed by atoms with van der Waals surface area (Å²) in [6.45, 7) is 25.2. The Morgan fingerprint density at radius 1 is 0.589 bits per heavy atom. The van der Waals surface area contributed by atoms with E-state index < -0.39 is 0 Å². The number of rotatable bonds is 16. The van der Waals surface area contributed by atoms with E-state index in [1.54, 1.807) is 26.6 Å². The van der Waals surface area contributed by atoms with E-state index in [0.717, 1.165) is 106 Å². The van der Waals surface area contributed by atoms with Crippen LogP contribution < -0.4 is 31.2 Å². The Morgan fingerprint density at radius 3 is 1.40 bits per heavy atom. The van der Waals surface area contributed by atoms with E-state index in [9.17, 15) is 0 Å². The van der Waals surface area contributed by atoms with E-state index >= 15 is 0 Å². The molecule has 3 fully saturated rings. The summed E-state index contributed by atoms with van der Waals surface area (Å²) in [6, 6.07) is 18.3. The predicted molar refractivity (Wildman–Crippen MR) is 307 cm³/mol. The number of nitrogens with one attached hydrogen (secondary N) is 3. The summed E-state index contributed by atoms with van der Waals surface area (Å²) in [5, 5.41) is 10.6. The molecule has 3 saturated heterocycles. The van der Waals surface area contributed by atoms with Gasteiger partial charge in [-0.1, -0.05) is 87.1 Å². The molecule has 3 aliphatic heterocycles. The van der Waals surface area contributed by atoms with Crippen molar-refractivity contribution in [3.63, 3.8) is 0 Å². The fourth-order valence-electron chi connectivity index (χ4n) is 9.27. The molecule has 0 saturated carbocycles. The second kappa shape index (κ2) is 35.3. The number of benzene rings is 2. The number of hydrogen-bond acceptors (Lipinski definition) is 14. The number of halogens is 1. The monoisotopic (exact) mass is 1030 g/mol. The molecule has 8 rings (SSSR count). The van der Waals surface area contributed by atoms with Gasteiger partial charge >= 0.3 is 0 Å². The molecular weight excluding hydrogens is 932 g/mol. The molecule has 15 heteroatoms. The molecule has 3 aromatic heterocycles. The maximum atomic E-state index is 5.92. The fraction of sp³-hybridized carbons (Fsp3) is 0.586. The lowest BCUT2D eigenvalue weighted by Gasteiger charge is -2.40. The lowest BCUT2D eigenvalue weighted by molar-refractivity contribution is 0.0991. The third-order valence-electron chi connectivity index (χ3n) is 14.0. The molecule has 5 aromatic rings. The van der Waals surface area contributed by atoms with Crippen LogP contribution in [0.25, 0.3) is 0 Å². The Balaban J connectivity index is 0.000000348. The van der Waals surface area contributed by atoms with Crippen LogP contribution in [0, 0.1) is 17.8 Å². The molecule has 14 nitrogen and oxygen atoms in total. The number of nitrogens with zero attached hydrogens (tertiary/aromatic N) is 8. The highest BCUT2D eigenvalue weighted by molar-refractivity contribution is 6.28. The largest absolute Gasteiger partial charge is 0.497 e. The molecular formula is C58H95ClN12O2. The molecule has 0 aliphatic carbocycles. The zero-order valence-electron chi connectivity index (χ0n) is 45.4. The van der Waals surface area contributed by atoms with Crippen molar-refractivity contribution >= 4 is 23.5 Å². The summed E-state index contributed by atoms with van der Waals surface area (Å²) in [5.41, 5.74) is 12.0. The third kappa shape index (κ3) is 21.8.